The van der Waals surface area contributed by atoms with Gasteiger partial charge in [-0.15, -0.1) is 0 Å². The molecule has 6 nitrogen and oxygen atoms in total. The molecule has 0 heterocycles. The molecular formula is C54H95NO5. The molecule has 0 saturated heterocycles. The Kier molecular flexibility index (Phi) is 45.2. The smallest absolute Gasteiger partial charge is 0.306 e. The van der Waals surface area contributed by atoms with E-state index in [1.807, 2.05) is 48.6 Å². The van der Waals surface area contributed by atoms with Crippen LogP contribution < -0.4 is 5.32 Å². The fourth-order valence-corrected chi connectivity index (χ4v) is 7.33. The number of amides is 1. The number of carbonyl (C=O) groups excluding carboxylic acids is 2. The van der Waals surface area contributed by atoms with Crippen LogP contribution in [-0.4, -0.2) is 46.9 Å². The standard InChI is InChI=1S/C54H95NO5/c1-4-7-10-13-16-19-22-24-25-26-27-29-32-35-38-41-44-47-54(59)60-50(45-42-39-36-33-31-28-23-20-17-14-11-8-5-2)48-53(58)55-51(49-56)52(57)46-43-40-37-34-30-21-18-15-12-9-6-3/h8,11,14,17,20,23-25,28,31,33,36,50-52,56-57H,4-7,9-10,12-13,15-16,18-19,21-22,26-27,29-30,32,34-35,37-49H2,1-3H3,(H,55,58)/b11-8+,17-14+,23-20-,25-24+,31-28-,36-33+. The van der Waals surface area contributed by atoms with E-state index in [1.54, 1.807) is 0 Å². The van der Waals surface area contributed by atoms with E-state index in [4.69, 9.17) is 4.74 Å². The van der Waals surface area contributed by atoms with Gasteiger partial charge in [0.25, 0.3) is 0 Å². The van der Waals surface area contributed by atoms with Crippen molar-refractivity contribution in [1.29, 1.82) is 0 Å². The number of unbranched alkanes of at least 4 members (excludes halogenated alkanes) is 24. The van der Waals surface area contributed by atoms with Crippen molar-refractivity contribution in [3.05, 3.63) is 72.9 Å². The minimum absolute atomic E-state index is 0.0248. The number of aliphatic hydroxyl groups excluding tert-OH is 2. The van der Waals surface area contributed by atoms with Gasteiger partial charge >= 0.3 is 5.97 Å². The summed E-state index contributed by atoms with van der Waals surface area (Å²) in [5, 5.41) is 23.7. The molecule has 1 amide bonds. The lowest BCUT2D eigenvalue weighted by Gasteiger charge is -2.24. The molecule has 346 valence electrons. The highest BCUT2D eigenvalue weighted by molar-refractivity contribution is 5.77. The van der Waals surface area contributed by atoms with Crippen molar-refractivity contribution >= 4 is 11.9 Å². The minimum Gasteiger partial charge on any atom is -0.462 e. The van der Waals surface area contributed by atoms with Crippen LogP contribution in [0.1, 0.15) is 233 Å². The lowest BCUT2D eigenvalue weighted by atomic mass is 10.0. The molecule has 0 bridgehead atoms. The maximum atomic E-state index is 13.2. The van der Waals surface area contributed by atoms with Gasteiger partial charge in [0, 0.05) is 6.42 Å². The first-order valence-corrected chi connectivity index (χ1v) is 25.2. The van der Waals surface area contributed by atoms with Crippen molar-refractivity contribution in [2.75, 3.05) is 6.61 Å². The summed E-state index contributed by atoms with van der Waals surface area (Å²) >= 11 is 0. The first-order chi connectivity index (χ1) is 29.5. The van der Waals surface area contributed by atoms with Crippen LogP contribution in [0.3, 0.4) is 0 Å². The van der Waals surface area contributed by atoms with Crippen LogP contribution in [0.15, 0.2) is 72.9 Å². The Morgan fingerprint density at radius 1 is 0.500 bits per heavy atom. The molecule has 0 radical (unpaired) electrons. The van der Waals surface area contributed by atoms with Crippen LogP contribution in [0.2, 0.25) is 0 Å². The molecule has 0 fully saturated rings. The summed E-state index contributed by atoms with van der Waals surface area (Å²) in [6.07, 6.45) is 59.7. The molecule has 0 spiro atoms. The largest absolute Gasteiger partial charge is 0.462 e. The third kappa shape index (κ3) is 42.0. The van der Waals surface area contributed by atoms with E-state index in [9.17, 15) is 19.8 Å². The second-order valence-corrected chi connectivity index (χ2v) is 17.0. The van der Waals surface area contributed by atoms with Crippen molar-refractivity contribution in [1.82, 2.24) is 5.32 Å². The average molecular weight is 838 g/mol. The second kappa shape index (κ2) is 47.4. The Morgan fingerprint density at radius 3 is 1.43 bits per heavy atom. The number of hydrogen-bond acceptors (Lipinski definition) is 5. The maximum absolute atomic E-state index is 13.2. The number of esters is 1. The predicted octanol–water partition coefficient (Wildman–Crippen LogP) is 15.0. The fourth-order valence-electron chi connectivity index (χ4n) is 7.33. The van der Waals surface area contributed by atoms with Crippen molar-refractivity contribution in [2.24, 2.45) is 0 Å². The summed E-state index contributed by atoms with van der Waals surface area (Å²) in [7, 11) is 0. The van der Waals surface area contributed by atoms with Gasteiger partial charge in [-0.25, -0.2) is 0 Å². The van der Waals surface area contributed by atoms with Gasteiger partial charge in [0.15, 0.2) is 0 Å². The molecule has 0 aromatic rings. The highest BCUT2D eigenvalue weighted by atomic mass is 16.5. The third-order valence-corrected chi connectivity index (χ3v) is 11.1. The van der Waals surface area contributed by atoms with E-state index in [1.165, 1.54) is 128 Å². The Balaban J connectivity index is 4.67. The van der Waals surface area contributed by atoms with Crippen LogP contribution in [0.25, 0.3) is 0 Å². The van der Waals surface area contributed by atoms with Crippen molar-refractivity contribution < 1.29 is 24.5 Å². The first-order valence-electron chi connectivity index (χ1n) is 25.2. The number of allylic oxidation sites excluding steroid dienone is 12. The van der Waals surface area contributed by atoms with Crippen molar-refractivity contribution in [2.45, 2.75) is 251 Å². The van der Waals surface area contributed by atoms with E-state index in [0.29, 0.717) is 19.3 Å². The van der Waals surface area contributed by atoms with Crippen molar-refractivity contribution in [3.8, 4) is 0 Å². The van der Waals surface area contributed by atoms with Crippen LogP contribution in [0.5, 0.6) is 0 Å². The number of rotatable bonds is 44. The fraction of sp³-hybridized carbons (Fsp3) is 0.741. The highest BCUT2D eigenvalue weighted by Crippen LogP contribution is 2.17. The summed E-state index contributed by atoms with van der Waals surface area (Å²) in [6.45, 7) is 6.30. The quantitative estimate of drug-likeness (QED) is 0.0246. The Morgan fingerprint density at radius 2 is 0.933 bits per heavy atom. The van der Waals surface area contributed by atoms with E-state index in [0.717, 1.165) is 57.8 Å². The van der Waals surface area contributed by atoms with Crippen LogP contribution in [0, 0.1) is 0 Å². The summed E-state index contributed by atoms with van der Waals surface area (Å²) in [5.41, 5.74) is 0. The van der Waals surface area contributed by atoms with Gasteiger partial charge < -0.3 is 20.3 Å². The number of nitrogens with one attached hydrogen (secondary N) is 1. The van der Waals surface area contributed by atoms with Crippen LogP contribution in [-0.2, 0) is 14.3 Å². The lowest BCUT2D eigenvalue weighted by molar-refractivity contribution is -0.151. The van der Waals surface area contributed by atoms with E-state index in [-0.39, 0.29) is 24.9 Å². The molecule has 0 aliphatic heterocycles. The van der Waals surface area contributed by atoms with Gasteiger partial charge in [-0.1, -0.05) is 229 Å². The monoisotopic (exact) mass is 838 g/mol. The first kappa shape index (κ1) is 57.3. The topological polar surface area (TPSA) is 95.9 Å². The van der Waals surface area contributed by atoms with Gasteiger partial charge in [0.05, 0.1) is 25.2 Å². The molecule has 0 aliphatic rings. The summed E-state index contributed by atoms with van der Waals surface area (Å²) in [4.78, 5) is 26.1. The molecule has 6 heteroatoms. The van der Waals surface area contributed by atoms with Gasteiger partial charge in [-0.3, -0.25) is 9.59 Å². The number of aliphatic hydroxyl groups is 2. The summed E-state index contributed by atoms with van der Waals surface area (Å²) < 4.78 is 5.89. The van der Waals surface area contributed by atoms with Gasteiger partial charge in [0.1, 0.15) is 6.10 Å². The van der Waals surface area contributed by atoms with E-state index in [2.05, 4.69) is 50.4 Å². The highest BCUT2D eigenvalue weighted by Gasteiger charge is 2.24. The van der Waals surface area contributed by atoms with Gasteiger partial charge in [-0.05, 0) is 64.2 Å². The Hall–Kier alpha value is -2.70. The molecule has 60 heavy (non-hydrogen) atoms. The molecule has 0 rings (SSSR count). The molecule has 3 N–H and O–H groups in total. The number of ether oxygens (including phenoxy) is 1. The molecule has 0 aromatic carbocycles. The SMILES string of the molecule is CC/C=C/C=C/C=C\C=C/C=C/CCCC(CC(=O)NC(CO)C(O)CCCCCCCCCCCCC)OC(=O)CCCCCCCCC/C=C/CCCCCCCC. The van der Waals surface area contributed by atoms with Gasteiger partial charge in [0.2, 0.25) is 5.91 Å². The lowest BCUT2D eigenvalue weighted by Crippen LogP contribution is -2.46. The summed E-state index contributed by atoms with van der Waals surface area (Å²) in [6, 6.07) is -0.726. The predicted molar refractivity (Wildman–Crippen MR) is 259 cm³/mol. The molecule has 0 aromatic heterocycles. The molecule has 3 unspecified atom stereocenters. The van der Waals surface area contributed by atoms with E-state index >= 15 is 0 Å². The zero-order chi connectivity index (χ0) is 43.8. The number of hydrogen-bond donors (Lipinski definition) is 3. The Bertz CT molecular complexity index is 1120. The average Bonchev–Trinajstić information content (AvgIpc) is 3.24. The maximum Gasteiger partial charge on any atom is 0.306 e. The molecular weight excluding hydrogens is 743 g/mol. The van der Waals surface area contributed by atoms with Gasteiger partial charge in [-0.2, -0.15) is 0 Å². The van der Waals surface area contributed by atoms with E-state index < -0.39 is 18.2 Å². The minimum atomic E-state index is -0.808. The second-order valence-electron chi connectivity index (χ2n) is 17.0. The normalized spacial score (nSPS) is 13.9. The van der Waals surface area contributed by atoms with Crippen molar-refractivity contribution in [3.63, 3.8) is 0 Å². The number of carbonyl (C=O) groups is 2. The molecule has 3 atom stereocenters. The zero-order valence-electron chi connectivity index (χ0n) is 39.3. The molecule has 0 saturated carbocycles. The molecule has 0 aliphatic carbocycles. The Labute approximate surface area is 371 Å². The summed E-state index contributed by atoms with van der Waals surface area (Å²) in [5.74, 6) is -0.553. The van der Waals surface area contributed by atoms with Crippen LogP contribution >= 0.6 is 0 Å². The van der Waals surface area contributed by atoms with Crippen LogP contribution in [0.4, 0.5) is 0 Å². The zero-order valence-corrected chi connectivity index (χ0v) is 39.3. The third-order valence-electron chi connectivity index (χ3n) is 11.1.